The molecule has 0 saturated carbocycles. The monoisotopic (exact) mass is 394 g/mol. The number of hydrogen-bond acceptors (Lipinski definition) is 5. The highest BCUT2D eigenvalue weighted by atomic mass is 35.5. The number of para-hydroxylation sites is 1. The number of rotatable bonds is 5. The largest absolute Gasteiger partial charge is 0.497 e. The summed E-state index contributed by atoms with van der Waals surface area (Å²) in [5, 5.41) is 11.7. The van der Waals surface area contributed by atoms with Crippen molar-refractivity contribution in [3.8, 4) is 17.1 Å². The Hall–Kier alpha value is -3.65. The summed E-state index contributed by atoms with van der Waals surface area (Å²) in [6, 6.07) is 14.2. The van der Waals surface area contributed by atoms with Crippen molar-refractivity contribution < 1.29 is 9.53 Å². The lowest BCUT2D eigenvalue weighted by Gasteiger charge is -2.11. The van der Waals surface area contributed by atoms with E-state index in [0.29, 0.717) is 16.4 Å². The third kappa shape index (κ3) is 3.45. The number of amides is 1. The van der Waals surface area contributed by atoms with Gasteiger partial charge in [-0.2, -0.15) is 10.2 Å². The van der Waals surface area contributed by atoms with E-state index in [-0.39, 0.29) is 11.6 Å². The molecule has 0 bridgehead atoms. The van der Waals surface area contributed by atoms with Gasteiger partial charge in [0.05, 0.1) is 23.5 Å². The second-order valence-electron chi connectivity index (χ2n) is 5.77. The van der Waals surface area contributed by atoms with Gasteiger partial charge in [-0.15, -0.1) is 0 Å². The molecule has 0 fully saturated rings. The van der Waals surface area contributed by atoms with Crippen molar-refractivity contribution >= 4 is 23.2 Å². The van der Waals surface area contributed by atoms with Crippen LogP contribution in [0.4, 0.5) is 5.69 Å². The van der Waals surface area contributed by atoms with E-state index in [1.165, 1.54) is 17.3 Å². The highest BCUT2D eigenvalue weighted by Gasteiger charge is 2.16. The molecule has 0 atom stereocenters. The summed E-state index contributed by atoms with van der Waals surface area (Å²) < 4.78 is 8.26. The normalized spacial score (nSPS) is 10.6. The lowest BCUT2D eigenvalue weighted by Crippen LogP contribution is -2.15. The van der Waals surface area contributed by atoms with Gasteiger partial charge in [-0.3, -0.25) is 4.79 Å². The number of anilines is 1. The van der Waals surface area contributed by atoms with Crippen LogP contribution in [0.3, 0.4) is 0 Å². The first kappa shape index (κ1) is 17.7. The molecule has 2 aromatic heterocycles. The smallest absolute Gasteiger partial charge is 0.276 e. The third-order valence-electron chi connectivity index (χ3n) is 4.04. The van der Waals surface area contributed by atoms with Gasteiger partial charge in [0.2, 0.25) is 0 Å². The summed E-state index contributed by atoms with van der Waals surface area (Å²) in [5.74, 6) is 0.381. The summed E-state index contributed by atoms with van der Waals surface area (Å²) in [7, 11) is 1.61. The van der Waals surface area contributed by atoms with Gasteiger partial charge in [-0.05, 0) is 42.5 Å². The van der Waals surface area contributed by atoms with E-state index < -0.39 is 0 Å². The zero-order chi connectivity index (χ0) is 19.5. The van der Waals surface area contributed by atoms with Gasteiger partial charge in [0.1, 0.15) is 24.1 Å². The van der Waals surface area contributed by atoms with Crippen LogP contribution in [0.1, 0.15) is 10.5 Å². The van der Waals surface area contributed by atoms with E-state index in [0.717, 1.165) is 11.4 Å². The maximum Gasteiger partial charge on any atom is 0.276 e. The van der Waals surface area contributed by atoms with Crippen molar-refractivity contribution in [1.29, 1.82) is 0 Å². The molecule has 1 N–H and O–H groups in total. The molecule has 4 rings (SSSR count). The van der Waals surface area contributed by atoms with Crippen LogP contribution in [0.5, 0.6) is 5.75 Å². The molecule has 0 radical (unpaired) electrons. The minimum atomic E-state index is -0.365. The van der Waals surface area contributed by atoms with E-state index in [2.05, 4.69) is 20.5 Å². The van der Waals surface area contributed by atoms with E-state index in [9.17, 15) is 4.79 Å². The Morgan fingerprint density at radius 2 is 1.93 bits per heavy atom. The fraction of sp³-hybridized carbons (Fsp3) is 0.0526. The number of carbonyl (C=O) groups is 1. The van der Waals surface area contributed by atoms with E-state index in [1.807, 2.05) is 24.3 Å². The Morgan fingerprint density at radius 1 is 1.11 bits per heavy atom. The van der Waals surface area contributed by atoms with Gasteiger partial charge >= 0.3 is 0 Å². The van der Waals surface area contributed by atoms with Gasteiger partial charge in [0, 0.05) is 6.20 Å². The number of hydrogen-bond donors (Lipinski definition) is 1. The number of ether oxygens (including phenoxy) is 1. The van der Waals surface area contributed by atoms with Crippen LogP contribution in [0.25, 0.3) is 11.4 Å². The summed E-state index contributed by atoms with van der Waals surface area (Å²) in [6.45, 7) is 0. The fourth-order valence-corrected chi connectivity index (χ4v) is 2.94. The number of nitrogens with one attached hydrogen (secondary N) is 1. The average molecular weight is 395 g/mol. The fourth-order valence-electron chi connectivity index (χ4n) is 2.68. The Morgan fingerprint density at radius 3 is 2.64 bits per heavy atom. The quantitative estimate of drug-likeness (QED) is 0.560. The third-order valence-corrected chi connectivity index (χ3v) is 4.35. The molecule has 0 aliphatic heterocycles. The van der Waals surface area contributed by atoms with Crippen LogP contribution in [-0.2, 0) is 0 Å². The second kappa shape index (κ2) is 7.53. The number of nitrogens with zero attached hydrogens (tertiary/aromatic N) is 5. The zero-order valence-electron chi connectivity index (χ0n) is 14.8. The van der Waals surface area contributed by atoms with Crippen LogP contribution in [-0.4, -0.2) is 37.6 Å². The molecule has 140 valence electrons. The first-order valence-electron chi connectivity index (χ1n) is 8.30. The SMILES string of the molecule is COc1ccc(-n2ccc(C(=O)Nc3cccc(Cl)c3-n3cncn3)n2)cc1. The minimum absolute atomic E-state index is 0.264. The van der Waals surface area contributed by atoms with Crippen molar-refractivity contribution in [2.75, 3.05) is 12.4 Å². The molecule has 0 spiro atoms. The summed E-state index contributed by atoms with van der Waals surface area (Å²) >= 11 is 6.29. The van der Waals surface area contributed by atoms with Gasteiger partial charge in [0.15, 0.2) is 5.69 Å². The first-order chi connectivity index (χ1) is 13.7. The van der Waals surface area contributed by atoms with Crippen LogP contribution < -0.4 is 10.1 Å². The molecular formula is C19H15ClN6O2. The van der Waals surface area contributed by atoms with Crippen LogP contribution in [0, 0.1) is 0 Å². The molecule has 0 aliphatic rings. The Kier molecular flexibility index (Phi) is 4.77. The van der Waals surface area contributed by atoms with Crippen LogP contribution in [0.2, 0.25) is 5.02 Å². The van der Waals surface area contributed by atoms with Gasteiger partial charge < -0.3 is 10.1 Å². The first-order valence-corrected chi connectivity index (χ1v) is 8.68. The zero-order valence-corrected chi connectivity index (χ0v) is 15.5. The molecule has 2 aromatic carbocycles. The number of benzene rings is 2. The topological polar surface area (TPSA) is 86.9 Å². The van der Waals surface area contributed by atoms with Crippen molar-refractivity contribution in [3.05, 3.63) is 78.1 Å². The van der Waals surface area contributed by atoms with E-state index >= 15 is 0 Å². The summed E-state index contributed by atoms with van der Waals surface area (Å²) in [6.07, 6.45) is 4.62. The van der Waals surface area contributed by atoms with Crippen LogP contribution >= 0.6 is 11.6 Å². The maximum absolute atomic E-state index is 12.7. The molecule has 8 nitrogen and oxygen atoms in total. The molecule has 0 unspecified atom stereocenters. The average Bonchev–Trinajstić information content (AvgIpc) is 3.40. The Bertz CT molecular complexity index is 1110. The summed E-state index contributed by atoms with van der Waals surface area (Å²) in [4.78, 5) is 16.6. The highest BCUT2D eigenvalue weighted by molar-refractivity contribution is 6.33. The second-order valence-corrected chi connectivity index (χ2v) is 6.18. The number of carbonyl (C=O) groups excluding carboxylic acids is 1. The van der Waals surface area contributed by atoms with Gasteiger partial charge in [0.25, 0.3) is 5.91 Å². The van der Waals surface area contributed by atoms with E-state index in [4.69, 9.17) is 16.3 Å². The number of halogens is 1. The molecule has 9 heteroatoms. The number of methoxy groups -OCH3 is 1. The molecule has 2 heterocycles. The molecule has 1 amide bonds. The molecule has 28 heavy (non-hydrogen) atoms. The lowest BCUT2D eigenvalue weighted by molar-refractivity contribution is 0.102. The minimum Gasteiger partial charge on any atom is -0.497 e. The standard InChI is InChI=1S/C19H15ClN6O2/c1-28-14-7-5-13(6-8-14)25-10-9-17(24-25)19(27)23-16-4-2-3-15(20)18(16)26-12-21-11-22-26/h2-12H,1H3,(H,23,27). The Labute approximate surface area is 165 Å². The highest BCUT2D eigenvalue weighted by Crippen LogP contribution is 2.28. The van der Waals surface area contributed by atoms with Crippen molar-refractivity contribution in [2.24, 2.45) is 0 Å². The van der Waals surface area contributed by atoms with Crippen LogP contribution in [0.15, 0.2) is 67.4 Å². The van der Waals surface area contributed by atoms with Crippen molar-refractivity contribution in [1.82, 2.24) is 24.5 Å². The lowest BCUT2D eigenvalue weighted by atomic mass is 10.2. The molecule has 0 saturated heterocycles. The van der Waals surface area contributed by atoms with Gasteiger partial charge in [-0.1, -0.05) is 17.7 Å². The molecule has 0 aliphatic carbocycles. The molecule has 4 aromatic rings. The van der Waals surface area contributed by atoms with Crippen molar-refractivity contribution in [2.45, 2.75) is 0 Å². The Balaban J connectivity index is 1.58. The van der Waals surface area contributed by atoms with Gasteiger partial charge in [-0.25, -0.2) is 14.3 Å². The summed E-state index contributed by atoms with van der Waals surface area (Å²) in [5.41, 5.74) is 2.11. The van der Waals surface area contributed by atoms with E-state index in [1.54, 1.807) is 42.3 Å². The predicted molar refractivity (Wildman–Crippen MR) is 104 cm³/mol. The predicted octanol–water partition coefficient (Wildman–Crippen LogP) is 3.37. The maximum atomic E-state index is 12.7. The molecular weight excluding hydrogens is 380 g/mol. The number of aromatic nitrogens is 5. The van der Waals surface area contributed by atoms with Crippen molar-refractivity contribution in [3.63, 3.8) is 0 Å².